The standard InChI is InChI=1S/C10H18N2O3/c1-2-5-11-9(13)10(14)12-7-8-4-3-6-15-8/h8H,2-7H2,1H3,(H,11,13)(H,12,14). The lowest BCUT2D eigenvalue weighted by Gasteiger charge is -2.10. The van der Waals surface area contributed by atoms with Crippen LogP contribution in [0.1, 0.15) is 26.2 Å². The summed E-state index contributed by atoms with van der Waals surface area (Å²) in [6.07, 6.45) is 2.89. The molecule has 1 atom stereocenters. The zero-order valence-electron chi connectivity index (χ0n) is 9.04. The average molecular weight is 214 g/mol. The van der Waals surface area contributed by atoms with Gasteiger partial charge in [-0.25, -0.2) is 0 Å². The summed E-state index contributed by atoms with van der Waals surface area (Å²) in [5.74, 6) is -1.13. The van der Waals surface area contributed by atoms with Gasteiger partial charge >= 0.3 is 11.8 Å². The molecule has 2 N–H and O–H groups in total. The molecular weight excluding hydrogens is 196 g/mol. The molecule has 0 saturated carbocycles. The molecule has 1 heterocycles. The first-order valence-corrected chi connectivity index (χ1v) is 5.41. The second kappa shape index (κ2) is 6.40. The molecule has 1 unspecified atom stereocenters. The molecule has 0 bridgehead atoms. The largest absolute Gasteiger partial charge is 0.376 e. The fourth-order valence-electron chi connectivity index (χ4n) is 1.41. The number of carbonyl (C=O) groups is 2. The summed E-state index contributed by atoms with van der Waals surface area (Å²) < 4.78 is 5.32. The molecule has 5 nitrogen and oxygen atoms in total. The van der Waals surface area contributed by atoms with Crippen LogP contribution in [-0.2, 0) is 14.3 Å². The van der Waals surface area contributed by atoms with Gasteiger partial charge in [-0.15, -0.1) is 0 Å². The fraction of sp³-hybridized carbons (Fsp3) is 0.800. The number of hydrogen-bond donors (Lipinski definition) is 2. The molecule has 1 fully saturated rings. The Labute approximate surface area is 89.6 Å². The topological polar surface area (TPSA) is 67.4 Å². The number of ether oxygens (including phenoxy) is 1. The van der Waals surface area contributed by atoms with Gasteiger partial charge in [0.25, 0.3) is 0 Å². The van der Waals surface area contributed by atoms with Crippen LogP contribution in [0.15, 0.2) is 0 Å². The maximum absolute atomic E-state index is 11.2. The van der Waals surface area contributed by atoms with Gasteiger partial charge in [0, 0.05) is 19.7 Å². The van der Waals surface area contributed by atoms with Crippen molar-refractivity contribution >= 4 is 11.8 Å². The monoisotopic (exact) mass is 214 g/mol. The first-order chi connectivity index (χ1) is 7.24. The van der Waals surface area contributed by atoms with Crippen molar-refractivity contribution in [3.63, 3.8) is 0 Å². The van der Waals surface area contributed by atoms with Crippen molar-refractivity contribution in [2.45, 2.75) is 32.3 Å². The van der Waals surface area contributed by atoms with E-state index >= 15 is 0 Å². The van der Waals surface area contributed by atoms with Crippen LogP contribution in [0.2, 0.25) is 0 Å². The minimum Gasteiger partial charge on any atom is -0.376 e. The van der Waals surface area contributed by atoms with Crippen LogP contribution in [0.3, 0.4) is 0 Å². The minimum atomic E-state index is -0.570. The Balaban J connectivity index is 2.14. The molecule has 0 aromatic rings. The third-order valence-electron chi connectivity index (χ3n) is 2.26. The Bertz CT molecular complexity index is 225. The molecule has 86 valence electrons. The molecular formula is C10H18N2O3. The summed E-state index contributed by atoms with van der Waals surface area (Å²) in [6, 6.07) is 0. The van der Waals surface area contributed by atoms with Gasteiger partial charge in [-0.05, 0) is 19.3 Å². The fourth-order valence-corrected chi connectivity index (χ4v) is 1.41. The molecule has 0 aromatic heterocycles. The third kappa shape index (κ3) is 4.29. The van der Waals surface area contributed by atoms with E-state index in [1.807, 2.05) is 6.92 Å². The van der Waals surface area contributed by atoms with E-state index in [4.69, 9.17) is 4.74 Å². The Morgan fingerprint density at radius 3 is 2.67 bits per heavy atom. The van der Waals surface area contributed by atoms with Crippen LogP contribution >= 0.6 is 0 Å². The van der Waals surface area contributed by atoms with Gasteiger partial charge in [0.1, 0.15) is 0 Å². The summed E-state index contributed by atoms with van der Waals surface area (Å²) in [4.78, 5) is 22.4. The smallest absolute Gasteiger partial charge is 0.309 e. The molecule has 15 heavy (non-hydrogen) atoms. The van der Waals surface area contributed by atoms with Crippen molar-refractivity contribution in [2.24, 2.45) is 0 Å². The number of rotatable bonds is 4. The lowest BCUT2D eigenvalue weighted by molar-refractivity contribution is -0.139. The van der Waals surface area contributed by atoms with Crippen molar-refractivity contribution < 1.29 is 14.3 Å². The van der Waals surface area contributed by atoms with Gasteiger partial charge in [0.05, 0.1) is 6.10 Å². The Kier molecular flexibility index (Phi) is 5.10. The Morgan fingerprint density at radius 1 is 1.33 bits per heavy atom. The van der Waals surface area contributed by atoms with Crippen molar-refractivity contribution in [3.05, 3.63) is 0 Å². The van der Waals surface area contributed by atoms with Gasteiger partial charge in [-0.1, -0.05) is 6.92 Å². The zero-order valence-corrected chi connectivity index (χ0v) is 9.04. The van der Waals surface area contributed by atoms with E-state index in [-0.39, 0.29) is 6.10 Å². The summed E-state index contributed by atoms with van der Waals surface area (Å²) in [6.45, 7) is 3.65. The molecule has 0 aliphatic carbocycles. The highest BCUT2D eigenvalue weighted by Gasteiger charge is 2.18. The first kappa shape index (κ1) is 12.0. The number of carbonyl (C=O) groups excluding carboxylic acids is 2. The van der Waals surface area contributed by atoms with Crippen LogP contribution in [-0.4, -0.2) is 37.6 Å². The molecule has 1 aliphatic heterocycles. The molecule has 1 rings (SSSR count). The zero-order chi connectivity index (χ0) is 11.1. The van der Waals surface area contributed by atoms with Crippen molar-refractivity contribution in [1.82, 2.24) is 10.6 Å². The third-order valence-corrected chi connectivity index (χ3v) is 2.26. The van der Waals surface area contributed by atoms with E-state index in [9.17, 15) is 9.59 Å². The van der Waals surface area contributed by atoms with Gasteiger partial charge in [0.15, 0.2) is 0 Å². The predicted molar refractivity (Wildman–Crippen MR) is 55.3 cm³/mol. The summed E-state index contributed by atoms with van der Waals surface area (Å²) in [7, 11) is 0. The average Bonchev–Trinajstić information content (AvgIpc) is 2.75. The summed E-state index contributed by atoms with van der Waals surface area (Å²) in [5, 5.41) is 5.07. The highest BCUT2D eigenvalue weighted by atomic mass is 16.5. The van der Waals surface area contributed by atoms with Crippen LogP contribution in [0.4, 0.5) is 0 Å². The van der Waals surface area contributed by atoms with Crippen molar-refractivity contribution in [1.29, 1.82) is 0 Å². The molecule has 2 amide bonds. The number of nitrogens with one attached hydrogen (secondary N) is 2. The van der Waals surface area contributed by atoms with E-state index in [0.717, 1.165) is 25.9 Å². The number of hydrogen-bond acceptors (Lipinski definition) is 3. The SMILES string of the molecule is CCCNC(=O)C(=O)NCC1CCCO1. The molecule has 0 spiro atoms. The highest BCUT2D eigenvalue weighted by Crippen LogP contribution is 2.10. The summed E-state index contributed by atoms with van der Waals surface area (Å²) in [5.41, 5.74) is 0. The van der Waals surface area contributed by atoms with E-state index in [1.165, 1.54) is 0 Å². The summed E-state index contributed by atoms with van der Waals surface area (Å²) >= 11 is 0. The number of amides is 2. The van der Waals surface area contributed by atoms with E-state index in [2.05, 4.69) is 10.6 Å². The van der Waals surface area contributed by atoms with Crippen LogP contribution < -0.4 is 10.6 Å². The van der Waals surface area contributed by atoms with Crippen molar-refractivity contribution in [3.8, 4) is 0 Å². The second-order valence-corrected chi connectivity index (χ2v) is 3.60. The Morgan fingerprint density at radius 2 is 2.07 bits per heavy atom. The van der Waals surface area contributed by atoms with Crippen molar-refractivity contribution in [2.75, 3.05) is 19.7 Å². The van der Waals surface area contributed by atoms with Gasteiger partial charge < -0.3 is 15.4 Å². The minimum absolute atomic E-state index is 0.0768. The quantitative estimate of drug-likeness (QED) is 0.637. The second-order valence-electron chi connectivity index (χ2n) is 3.60. The van der Waals surface area contributed by atoms with Crippen LogP contribution in [0, 0.1) is 0 Å². The lowest BCUT2D eigenvalue weighted by Crippen LogP contribution is -2.42. The molecule has 0 radical (unpaired) electrons. The predicted octanol–water partition coefficient (Wildman–Crippen LogP) is -0.192. The normalized spacial score (nSPS) is 19.9. The first-order valence-electron chi connectivity index (χ1n) is 5.41. The maximum atomic E-state index is 11.2. The molecule has 5 heteroatoms. The molecule has 0 aromatic carbocycles. The van der Waals surface area contributed by atoms with E-state index in [1.54, 1.807) is 0 Å². The van der Waals surface area contributed by atoms with Crippen LogP contribution in [0.25, 0.3) is 0 Å². The highest BCUT2D eigenvalue weighted by molar-refractivity contribution is 6.35. The van der Waals surface area contributed by atoms with Gasteiger partial charge in [-0.2, -0.15) is 0 Å². The Hall–Kier alpha value is -1.10. The van der Waals surface area contributed by atoms with Gasteiger partial charge in [0.2, 0.25) is 0 Å². The van der Waals surface area contributed by atoms with Gasteiger partial charge in [-0.3, -0.25) is 9.59 Å². The van der Waals surface area contributed by atoms with E-state index in [0.29, 0.717) is 13.1 Å². The lowest BCUT2D eigenvalue weighted by atomic mass is 10.2. The van der Waals surface area contributed by atoms with Crippen LogP contribution in [0.5, 0.6) is 0 Å². The van der Waals surface area contributed by atoms with E-state index < -0.39 is 11.8 Å². The molecule has 1 aliphatic rings. The molecule has 1 saturated heterocycles. The maximum Gasteiger partial charge on any atom is 0.309 e.